The number of benzene rings is 2. The Balaban J connectivity index is 1.72. The summed E-state index contributed by atoms with van der Waals surface area (Å²) in [5.41, 5.74) is 2.96. The molecule has 0 aliphatic carbocycles. The Labute approximate surface area is 141 Å². The third-order valence-electron chi connectivity index (χ3n) is 3.99. The van der Waals surface area contributed by atoms with Crippen molar-refractivity contribution in [3.63, 3.8) is 0 Å². The highest BCUT2D eigenvalue weighted by Crippen LogP contribution is 2.23. The van der Waals surface area contributed by atoms with E-state index in [2.05, 4.69) is 5.10 Å². The molecule has 0 unspecified atom stereocenters. The summed E-state index contributed by atoms with van der Waals surface area (Å²) in [5.74, 6) is -0.321. The summed E-state index contributed by atoms with van der Waals surface area (Å²) >= 11 is 1.18. The first-order chi connectivity index (χ1) is 11.6. The van der Waals surface area contributed by atoms with Crippen LogP contribution in [-0.2, 0) is 13.6 Å². The van der Waals surface area contributed by atoms with Gasteiger partial charge in [0.1, 0.15) is 5.82 Å². The summed E-state index contributed by atoms with van der Waals surface area (Å²) in [6.45, 7) is 0.224. The second-order valence-electron chi connectivity index (χ2n) is 5.63. The van der Waals surface area contributed by atoms with E-state index in [1.165, 1.54) is 17.4 Å². The Hall–Kier alpha value is -2.73. The molecule has 0 fully saturated rings. The van der Waals surface area contributed by atoms with Gasteiger partial charge in [0.2, 0.25) is 0 Å². The topological polar surface area (TPSA) is 39.8 Å². The van der Waals surface area contributed by atoms with E-state index in [-0.39, 0.29) is 17.2 Å². The molecule has 2 aromatic heterocycles. The van der Waals surface area contributed by atoms with Gasteiger partial charge in [0, 0.05) is 24.4 Å². The molecule has 0 atom stereocenters. The molecule has 4 rings (SSSR count). The van der Waals surface area contributed by atoms with Gasteiger partial charge in [-0.25, -0.2) is 4.39 Å². The third kappa shape index (κ3) is 2.55. The minimum atomic E-state index is -0.321. The Bertz CT molecular complexity index is 1090. The molecule has 0 radical (unpaired) electrons. The number of aromatic nitrogens is 3. The molecule has 0 spiro atoms. The number of hydrogen-bond acceptors (Lipinski definition) is 3. The molecule has 6 heteroatoms. The van der Waals surface area contributed by atoms with Crippen LogP contribution in [0.4, 0.5) is 4.39 Å². The first kappa shape index (κ1) is 14.8. The highest BCUT2D eigenvalue weighted by molar-refractivity contribution is 7.16. The van der Waals surface area contributed by atoms with E-state index in [9.17, 15) is 9.18 Å². The fourth-order valence-corrected chi connectivity index (χ4v) is 3.65. The lowest BCUT2D eigenvalue weighted by molar-refractivity contribution is 0.601. The molecule has 4 nitrogen and oxygen atoms in total. The minimum absolute atomic E-state index is 0.0769. The lowest BCUT2D eigenvalue weighted by atomic mass is 10.1. The van der Waals surface area contributed by atoms with E-state index in [1.807, 2.05) is 43.6 Å². The van der Waals surface area contributed by atoms with Crippen molar-refractivity contribution in [1.82, 2.24) is 14.3 Å². The van der Waals surface area contributed by atoms with Crippen LogP contribution in [0.2, 0.25) is 0 Å². The van der Waals surface area contributed by atoms with Crippen molar-refractivity contribution in [2.24, 2.45) is 7.05 Å². The number of aryl methyl sites for hydroxylation is 1. The average molecular weight is 339 g/mol. The van der Waals surface area contributed by atoms with Crippen molar-refractivity contribution in [2.45, 2.75) is 6.54 Å². The lowest BCUT2D eigenvalue weighted by Crippen LogP contribution is -2.14. The normalized spacial score (nSPS) is 11.2. The van der Waals surface area contributed by atoms with Crippen molar-refractivity contribution in [2.75, 3.05) is 0 Å². The highest BCUT2D eigenvalue weighted by atomic mass is 32.1. The van der Waals surface area contributed by atoms with Crippen molar-refractivity contribution >= 4 is 21.6 Å². The Morgan fingerprint density at radius 1 is 1.17 bits per heavy atom. The van der Waals surface area contributed by atoms with Gasteiger partial charge >= 0.3 is 4.87 Å². The zero-order valence-electron chi connectivity index (χ0n) is 12.9. The fourth-order valence-electron chi connectivity index (χ4n) is 2.76. The van der Waals surface area contributed by atoms with Crippen LogP contribution in [0.3, 0.4) is 0 Å². The lowest BCUT2D eigenvalue weighted by Gasteiger charge is -2.07. The van der Waals surface area contributed by atoms with Gasteiger partial charge in [0.25, 0.3) is 0 Å². The molecule has 0 saturated carbocycles. The van der Waals surface area contributed by atoms with Crippen LogP contribution in [0.1, 0.15) is 5.56 Å². The molecule has 4 aromatic rings. The Morgan fingerprint density at radius 3 is 2.75 bits per heavy atom. The van der Waals surface area contributed by atoms with Gasteiger partial charge in [-0.1, -0.05) is 35.6 Å². The maximum Gasteiger partial charge on any atom is 0.308 e. The molecular formula is C18H14FN3OS. The van der Waals surface area contributed by atoms with Crippen LogP contribution >= 0.6 is 11.3 Å². The Morgan fingerprint density at radius 2 is 2.00 bits per heavy atom. The van der Waals surface area contributed by atoms with Gasteiger partial charge in [-0.3, -0.25) is 14.0 Å². The van der Waals surface area contributed by atoms with Crippen molar-refractivity contribution in [3.05, 3.63) is 75.9 Å². The van der Waals surface area contributed by atoms with Crippen LogP contribution in [0, 0.1) is 5.82 Å². The van der Waals surface area contributed by atoms with Gasteiger partial charge in [-0.15, -0.1) is 0 Å². The van der Waals surface area contributed by atoms with E-state index in [4.69, 9.17) is 0 Å². The van der Waals surface area contributed by atoms with Crippen molar-refractivity contribution in [1.29, 1.82) is 0 Å². The number of nitrogens with zero attached hydrogens (tertiary/aromatic N) is 3. The van der Waals surface area contributed by atoms with Crippen LogP contribution in [0.25, 0.3) is 21.3 Å². The van der Waals surface area contributed by atoms with Gasteiger partial charge in [-0.2, -0.15) is 5.10 Å². The van der Waals surface area contributed by atoms with Gasteiger partial charge in [0.15, 0.2) is 0 Å². The summed E-state index contributed by atoms with van der Waals surface area (Å²) in [4.78, 5) is 12.1. The SMILES string of the molecule is Cn1cc(-c2ccc(Cn3c(=O)sc4ccccc43)c(F)c2)cn1. The highest BCUT2D eigenvalue weighted by Gasteiger charge is 2.11. The van der Waals surface area contributed by atoms with Crippen molar-refractivity contribution in [3.8, 4) is 11.1 Å². The van der Waals surface area contributed by atoms with E-state index in [0.29, 0.717) is 5.56 Å². The van der Waals surface area contributed by atoms with Crippen LogP contribution in [-0.4, -0.2) is 14.3 Å². The Kier molecular flexibility index (Phi) is 3.54. The molecule has 0 saturated heterocycles. The summed E-state index contributed by atoms with van der Waals surface area (Å²) in [7, 11) is 1.82. The van der Waals surface area contributed by atoms with E-state index < -0.39 is 0 Å². The summed E-state index contributed by atoms with van der Waals surface area (Å²) in [5, 5.41) is 4.10. The number of rotatable bonds is 3. The van der Waals surface area contributed by atoms with Gasteiger partial charge < -0.3 is 0 Å². The van der Waals surface area contributed by atoms with Crippen LogP contribution in [0.5, 0.6) is 0 Å². The molecule has 24 heavy (non-hydrogen) atoms. The number of para-hydroxylation sites is 1. The van der Waals surface area contributed by atoms with E-state index in [1.54, 1.807) is 21.5 Å². The van der Waals surface area contributed by atoms with Gasteiger partial charge in [0.05, 0.1) is 23.0 Å². The molecule has 0 aliphatic heterocycles. The maximum absolute atomic E-state index is 14.5. The van der Waals surface area contributed by atoms with E-state index in [0.717, 1.165) is 21.3 Å². The molecule has 0 bridgehead atoms. The number of halogens is 1. The molecule has 0 aliphatic rings. The molecule has 0 N–H and O–H groups in total. The smallest absolute Gasteiger partial charge is 0.294 e. The molecule has 2 heterocycles. The standard InChI is InChI=1S/C18H14FN3OS/c1-21-10-14(9-20-21)12-6-7-13(15(19)8-12)11-22-16-4-2-3-5-17(16)24-18(22)23/h2-10H,11H2,1H3. The third-order valence-corrected chi connectivity index (χ3v) is 4.95. The first-order valence-corrected chi connectivity index (χ1v) is 8.29. The quantitative estimate of drug-likeness (QED) is 0.571. The monoisotopic (exact) mass is 339 g/mol. The summed E-state index contributed by atoms with van der Waals surface area (Å²) < 4.78 is 18.7. The number of hydrogen-bond donors (Lipinski definition) is 0. The molecule has 0 amide bonds. The first-order valence-electron chi connectivity index (χ1n) is 7.47. The summed E-state index contributed by atoms with van der Waals surface area (Å²) in [6.07, 6.45) is 3.54. The maximum atomic E-state index is 14.5. The number of thiazole rings is 1. The fraction of sp³-hybridized carbons (Fsp3) is 0.111. The zero-order chi connectivity index (χ0) is 16.7. The second kappa shape index (κ2) is 5.72. The minimum Gasteiger partial charge on any atom is -0.294 e. The van der Waals surface area contributed by atoms with Crippen LogP contribution in [0.15, 0.2) is 59.7 Å². The molecule has 2 aromatic carbocycles. The largest absolute Gasteiger partial charge is 0.308 e. The second-order valence-corrected chi connectivity index (χ2v) is 6.62. The predicted molar refractivity (Wildman–Crippen MR) is 93.8 cm³/mol. The van der Waals surface area contributed by atoms with Crippen molar-refractivity contribution < 1.29 is 4.39 Å². The zero-order valence-corrected chi connectivity index (χ0v) is 13.8. The average Bonchev–Trinajstić information content (AvgIpc) is 3.13. The summed E-state index contributed by atoms with van der Waals surface area (Å²) in [6, 6.07) is 12.6. The van der Waals surface area contributed by atoms with Crippen LogP contribution < -0.4 is 4.87 Å². The van der Waals surface area contributed by atoms with Gasteiger partial charge in [-0.05, 0) is 23.8 Å². The predicted octanol–water partition coefficient (Wildman–Crippen LogP) is 3.65. The number of fused-ring (bicyclic) bond motifs is 1. The van der Waals surface area contributed by atoms with E-state index >= 15 is 0 Å². The molecule has 120 valence electrons. The molecular weight excluding hydrogens is 325 g/mol.